The third kappa shape index (κ3) is 4.17. The van der Waals surface area contributed by atoms with Crippen LogP contribution in [0, 0.1) is 28.1 Å². The molecule has 0 unspecified atom stereocenters. The summed E-state index contributed by atoms with van der Waals surface area (Å²) >= 11 is 0. The molecular weight excluding hydrogens is 269 g/mol. The quantitative estimate of drug-likeness (QED) is 0.841. The van der Waals surface area contributed by atoms with E-state index in [0.29, 0.717) is 6.42 Å². The van der Waals surface area contributed by atoms with Crippen molar-refractivity contribution in [3.63, 3.8) is 0 Å². The van der Waals surface area contributed by atoms with Gasteiger partial charge in [-0.2, -0.15) is 23.7 Å². The van der Waals surface area contributed by atoms with Crippen LogP contribution in [0.5, 0.6) is 5.75 Å². The Morgan fingerprint density at radius 1 is 1.20 bits per heavy atom. The van der Waals surface area contributed by atoms with Crippen molar-refractivity contribution in [2.24, 2.45) is 5.41 Å². The molecule has 0 N–H and O–H groups in total. The number of hydrogen-bond donors (Lipinski definition) is 0. The van der Waals surface area contributed by atoms with Crippen molar-refractivity contribution in [3.05, 3.63) is 29.3 Å². The highest BCUT2D eigenvalue weighted by Gasteiger charge is 2.34. The molecule has 6 heteroatoms. The Balaban J connectivity index is 2.91. The molecule has 0 saturated heterocycles. The van der Waals surface area contributed by atoms with Gasteiger partial charge >= 0.3 is 6.18 Å². The van der Waals surface area contributed by atoms with Gasteiger partial charge in [0.1, 0.15) is 5.75 Å². The Bertz CT molecular complexity index is 565. The first-order chi connectivity index (χ1) is 9.19. The average Bonchev–Trinajstić information content (AvgIpc) is 2.37. The summed E-state index contributed by atoms with van der Waals surface area (Å²) < 4.78 is 43.7. The van der Waals surface area contributed by atoms with E-state index in [1.807, 2.05) is 6.07 Å². The molecule has 0 bridgehead atoms. The molecule has 0 amide bonds. The van der Waals surface area contributed by atoms with E-state index >= 15 is 0 Å². The normalized spacial score (nSPS) is 11.6. The van der Waals surface area contributed by atoms with Gasteiger partial charge in [-0.05, 0) is 38.5 Å². The van der Waals surface area contributed by atoms with E-state index in [1.165, 1.54) is 6.07 Å². The lowest BCUT2D eigenvalue weighted by molar-refractivity contribution is -0.139. The van der Waals surface area contributed by atoms with Crippen molar-refractivity contribution in [1.29, 1.82) is 10.5 Å². The first-order valence-corrected chi connectivity index (χ1v) is 5.85. The molecule has 106 valence electrons. The van der Waals surface area contributed by atoms with Gasteiger partial charge in [-0.15, -0.1) is 0 Å². The molecular formula is C14H13F3N2O. The van der Waals surface area contributed by atoms with Gasteiger partial charge in [0, 0.05) is 0 Å². The average molecular weight is 282 g/mol. The van der Waals surface area contributed by atoms with Crippen LogP contribution in [-0.4, -0.2) is 6.61 Å². The zero-order valence-corrected chi connectivity index (χ0v) is 11.1. The van der Waals surface area contributed by atoms with Crippen molar-refractivity contribution >= 4 is 0 Å². The van der Waals surface area contributed by atoms with Gasteiger partial charge in [0.2, 0.25) is 0 Å². The number of nitriles is 2. The summed E-state index contributed by atoms with van der Waals surface area (Å²) in [4.78, 5) is 0. The van der Waals surface area contributed by atoms with E-state index < -0.39 is 17.2 Å². The van der Waals surface area contributed by atoms with Crippen molar-refractivity contribution in [1.82, 2.24) is 0 Å². The zero-order chi connectivity index (χ0) is 15.4. The van der Waals surface area contributed by atoms with E-state index in [4.69, 9.17) is 15.3 Å². The fourth-order valence-corrected chi connectivity index (χ4v) is 1.42. The van der Waals surface area contributed by atoms with Gasteiger partial charge in [-0.1, -0.05) is 0 Å². The van der Waals surface area contributed by atoms with Crippen molar-refractivity contribution in [3.8, 4) is 17.9 Å². The second kappa shape index (κ2) is 5.83. The minimum absolute atomic E-state index is 0.00442. The fraction of sp³-hybridized carbons (Fsp3) is 0.429. The van der Waals surface area contributed by atoms with Crippen molar-refractivity contribution in [2.75, 3.05) is 6.61 Å². The first-order valence-electron chi connectivity index (χ1n) is 5.85. The number of rotatable bonds is 4. The number of benzene rings is 1. The van der Waals surface area contributed by atoms with E-state index in [-0.39, 0.29) is 17.9 Å². The molecule has 0 aliphatic carbocycles. The van der Waals surface area contributed by atoms with Crippen LogP contribution >= 0.6 is 0 Å². The zero-order valence-electron chi connectivity index (χ0n) is 11.1. The molecule has 0 spiro atoms. The minimum atomic E-state index is -4.59. The molecule has 0 heterocycles. The Kier molecular flexibility index (Phi) is 4.62. The lowest BCUT2D eigenvalue weighted by Gasteiger charge is -2.17. The van der Waals surface area contributed by atoms with Gasteiger partial charge in [0.05, 0.1) is 35.3 Å². The standard InChI is InChI=1S/C14H13F3N2O/c1-13(2,9-19)5-6-20-12-4-3-10(8-18)7-11(12)14(15,16)17/h3-4,7H,5-6H2,1-2H3. The number of alkyl halides is 3. The van der Waals surface area contributed by atoms with Crippen molar-refractivity contribution in [2.45, 2.75) is 26.4 Å². The molecule has 1 rings (SSSR count). The summed E-state index contributed by atoms with van der Waals surface area (Å²) in [6.45, 7) is 3.36. The van der Waals surface area contributed by atoms with Gasteiger partial charge in [0.15, 0.2) is 0 Å². The smallest absolute Gasteiger partial charge is 0.420 e. The number of nitrogens with zero attached hydrogens (tertiary/aromatic N) is 2. The molecule has 0 aromatic heterocycles. The van der Waals surface area contributed by atoms with Crippen LogP contribution in [-0.2, 0) is 6.18 Å². The van der Waals surface area contributed by atoms with Gasteiger partial charge in [-0.3, -0.25) is 0 Å². The molecule has 1 aromatic carbocycles. The number of halogens is 3. The SMILES string of the molecule is CC(C)(C#N)CCOc1ccc(C#N)cc1C(F)(F)F. The van der Waals surface area contributed by atoms with Crippen LogP contribution in [0.25, 0.3) is 0 Å². The molecule has 0 radical (unpaired) electrons. The molecule has 0 fully saturated rings. The van der Waals surface area contributed by atoms with E-state index in [1.54, 1.807) is 19.9 Å². The molecule has 0 aliphatic heterocycles. The van der Waals surface area contributed by atoms with Gasteiger partial charge < -0.3 is 4.74 Å². The van der Waals surface area contributed by atoms with Crippen LogP contribution in [0.4, 0.5) is 13.2 Å². The minimum Gasteiger partial charge on any atom is -0.493 e. The third-order valence-electron chi connectivity index (χ3n) is 2.70. The van der Waals surface area contributed by atoms with Crippen LogP contribution in [0.2, 0.25) is 0 Å². The molecule has 0 saturated carbocycles. The summed E-state index contributed by atoms with van der Waals surface area (Å²) in [6.07, 6.45) is -4.28. The predicted octanol–water partition coefficient (Wildman–Crippen LogP) is 3.90. The van der Waals surface area contributed by atoms with Crippen LogP contribution in [0.1, 0.15) is 31.4 Å². The summed E-state index contributed by atoms with van der Waals surface area (Å²) in [6, 6.07) is 6.85. The second-order valence-corrected chi connectivity index (χ2v) is 4.91. The van der Waals surface area contributed by atoms with E-state index in [2.05, 4.69) is 0 Å². The Morgan fingerprint density at radius 3 is 2.35 bits per heavy atom. The molecule has 3 nitrogen and oxygen atoms in total. The monoisotopic (exact) mass is 282 g/mol. The summed E-state index contributed by atoms with van der Waals surface area (Å²) in [5.41, 5.74) is -1.72. The van der Waals surface area contributed by atoms with E-state index in [0.717, 1.165) is 12.1 Å². The lowest BCUT2D eigenvalue weighted by atomic mass is 9.92. The van der Waals surface area contributed by atoms with Gasteiger partial charge in [-0.25, -0.2) is 0 Å². The fourth-order valence-electron chi connectivity index (χ4n) is 1.42. The third-order valence-corrected chi connectivity index (χ3v) is 2.70. The maximum absolute atomic E-state index is 12.9. The van der Waals surface area contributed by atoms with Crippen molar-refractivity contribution < 1.29 is 17.9 Å². The molecule has 1 aromatic rings. The highest BCUT2D eigenvalue weighted by atomic mass is 19.4. The van der Waals surface area contributed by atoms with E-state index in [9.17, 15) is 13.2 Å². The Hall–Kier alpha value is -2.21. The predicted molar refractivity (Wildman–Crippen MR) is 65.7 cm³/mol. The van der Waals surface area contributed by atoms with Crippen LogP contribution in [0.3, 0.4) is 0 Å². The maximum atomic E-state index is 12.9. The summed E-state index contributed by atoms with van der Waals surface area (Å²) in [5.74, 6) is -0.328. The number of hydrogen-bond acceptors (Lipinski definition) is 3. The Labute approximate surface area is 115 Å². The maximum Gasteiger partial charge on any atom is 0.420 e. The van der Waals surface area contributed by atoms with Crippen LogP contribution in [0.15, 0.2) is 18.2 Å². The summed E-state index contributed by atoms with van der Waals surface area (Å²) in [7, 11) is 0. The molecule has 20 heavy (non-hydrogen) atoms. The second-order valence-electron chi connectivity index (χ2n) is 4.91. The lowest BCUT2D eigenvalue weighted by Crippen LogP contribution is -2.15. The summed E-state index contributed by atoms with van der Waals surface area (Å²) in [5, 5.41) is 17.5. The highest BCUT2D eigenvalue weighted by molar-refractivity contribution is 5.43. The first kappa shape index (κ1) is 15.8. The van der Waals surface area contributed by atoms with Gasteiger partial charge in [0.25, 0.3) is 0 Å². The largest absolute Gasteiger partial charge is 0.493 e. The molecule has 0 atom stereocenters. The highest BCUT2D eigenvalue weighted by Crippen LogP contribution is 2.37. The molecule has 0 aliphatic rings. The Morgan fingerprint density at radius 2 is 1.85 bits per heavy atom. The van der Waals surface area contributed by atoms with Crippen LogP contribution < -0.4 is 4.74 Å². The number of ether oxygens (including phenoxy) is 1. The topological polar surface area (TPSA) is 56.8 Å².